The fourth-order valence-corrected chi connectivity index (χ4v) is 3.58. The molecule has 1 aliphatic rings. The molecule has 1 atom stereocenters. The standard InChI is InChI=1S/C23H20N4O5/c1-32-23(31)15-8-6-14(7-9-15)11-25-20(28)19(10-16-12-24-13-26-16)27-21(29)17-4-2-3-5-18(17)22(27)30/h2-9,12-13,19H,10-11H2,1H3,(H,24,26)(H,25,28)/t19-/m0/s1. The van der Waals surface area contributed by atoms with Gasteiger partial charge in [0.05, 0.1) is 30.1 Å². The van der Waals surface area contributed by atoms with Gasteiger partial charge in [-0.05, 0) is 29.8 Å². The lowest BCUT2D eigenvalue weighted by Crippen LogP contribution is -2.50. The van der Waals surface area contributed by atoms with Crippen LogP contribution in [0.4, 0.5) is 0 Å². The van der Waals surface area contributed by atoms with E-state index in [2.05, 4.69) is 20.0 Å². The quantitative estimate of drug-likeness (QED) is 0.433. The van der Waals surface area contributed by atoms with Crippen molar-refractivity contribution in [1.82, 2.24) is 20.2 Å². The number of methoxy groups -OCH3 is 1. The Kier molecular flexibility index (Phi) is 5.80. The number of nitrogens with one attached hydrogen (secondary N) is 2. The van der Waals surface area contributed by atoms with Crippen LogP contribution in [-0.2, 0) is 22.5 Å². The molecule has 32 heavy (non-hydrogen) atoms. The SMILES string of the molecule is COC(=O)c1ccc(CNC(=O)[C@H](Cc2cnc[nH]2)N2C(=O)c3ccccc3C2=O)cc1. The number of rotatable bonds is 7. The van der Waals surface area contributed by atoms with Crippen molar-refractivity contribution in [3.63, 3.8) is 0 Å². The van der Waals surface area contributed by atoms with Crippen molar-refractivity contribution in [2.45, 2.75) is 19.0 Å². The number of amides is 3. The number of hydrogen-bond acceptors (Lipinski definition) is 6. The maximum absolute atomic E-state index is 13.1. The Morgan fingerprint density at radius 1 is 1.06 bits per heavy atom. The van der Waals surface area contributed by atoms with Crippen molar-refractivity contribution in [3.8, 4) is 0 Å². The lowest BCUT2D eigenvalue weighted by Gasteiger charge is -2.25. The van der Waals surface area contributed by atoms with Gasteiger partial charge >= 0.3 is 5.97 Å². The maximum Gasteiger partial charge on any atom is 0.337 e. The first-order valence-corrected chi connectivity index (χ1v) is 9.88. The Labute approximate surface area is 183 Å². The van der Waals surface area contributed by atoms with Gasteiger partial charge < -0.3 is 15.0 Å². The highest BCUT2D eigenvalue weighted by molar-refractivity contribution is 6.22. The Balaban J connectivity index is 1.53. The van der Waals surface area contributed by atoms with E-state index in [4.69, 9.17) is 0 Å². The minimum atomic E-state index is -1.06. The predicted molar refractivity (Wildman–Crippen MR) is 113 cm³/mol. The highest BCUT2D eigenvalue weighted by Gasteiger charge is 2.42. The van der Waals surface area contributed by atoms with Gasteiger partial charge in [-0.1, -0.05) is 24.3 Å². The first kappa shape index (κ1) is 21.0. The summed E-state index contributed by atoms with van der Waals surface area (Å²) in [6.45, 7) is 0.156. The summed E-state index contributed by atoms with van der Waals surface area (Å²) in [5.74, 6) is -1.95. The van der Waals surface area contributed by atoms with Crippen LogP contribution >= 0.6 is 0 Å². The monoisotopic (exact) mass is 432 g/mol. The molecule has 9 heteroatoms. The van der Waals surface area contributed by atoms with Gasteiger partial charge in [-0.25, -0.2) is 9.78 Å². The highest BCUT2D eigenvalue weighted by Crippen LogP contribution is 2.26. The van der Waals surface area contributed by atoms with Gasteiger partial charge in [0, 0.05) is 24.9 Å². The third kappa shape index (κ3) is 4.00. The second kappa shape index (κ2) is 8.84. The number of fused-ring (bicyclic) bond motifs is 1. The molecule has 0 spiro atoms. The van der Waals surface area contributed by atoms with Crippen LogP contribution in [0.2, 0.25) is 0 Å². The number of ether oxygens (including phenoxy) is 1. The first-order valence-electron chi connectivity index (χ1n) is 9.88. The summed E-state index contributed by atoms with van der Waals surface area (Å²) in [4.78, 5) is 58.4. The van der Waals surface area contributed by atoms with E-state index in [1.807, 2.05) is 0 Å². The van der Waals surface area contributed by atoms with Crippen LogP contribution < -0.4 is 5.32 Å². The lowest BCUT2D eigenvalue weighted by atomic mass is 10.1. The number of hydrogen-bond donors (Lipinski definition) is 2. The van der Waals surface area contributed by atoms with E-state index in [0.29, 0.717) is 11.3 Å². The van der Waals surface area contributed by atoms with E-state index in [-0.39, 0.29) is 24.1 Å². The van der Waals surface area contributed by atoms with Gasteiger partial charge in [-0.3, -0.25) is 19.3 Å². The van der Waals surface area contributed by atoms with Gasteiger partial charge in [-0.2, -0.15) is 0 Å². The van der Waals surface area contributed by atoms with Gasteiger partial charge in [0.2, 0.25) is 5.91 Å². The normalized spacial score (nSPS) is 13.6. The lowest BCUT2D eigenvalue weighted by molar-refractivity contribution is -0.125. The third-order valence-electron chi connectivity index (χ3n) is 5.25. The number of benzene rings is 2. The van der Waals surface area contributed by atoms with E-state index in [0.717, 1.165) is 10.5 Å². The van der Waals surface area contributed by atoms with E-state index in [1.165, 1.54) is 13.4 Å². The smallest absolute Gasteiger partial charge is 0.337 e. The highest BCUT2D eigenvalue weighted by atomic mass is 16.5. The van der Waals surface area contributed by atoms with Gasteiger partial charge in [0.15, 0.2) is 0 Å². The van der Waals surface area contributed by atoms with E-state index in [9.17, 15) is 19.2 Å². The molecule has 3 amide bonds. The fourth-order valence-electron chi connectivity index (χ4n) is 3.58. The van der Waals surface area contributed by atoms with Crippen molar-refractivity contribution < 1.29 is 23.9 Å². The molecule has 0 bridgehead atoms. The molecule has 0 radical (unpaired) electrons. The summed E-state index contributed by atoms with van der Waals surface area (Å²) in [5, 5.41) is 2.78. The van der Waals surface area contributed by atoms with Crippen LogP contribution in [0.15, 0.2) is 61.1 Å². The number of carbonyl (C=O) groups is 4. The van der Waals surface area contributed by atoms with E-state index in [1.54, 1.807) is 54.7 Å². The molecule has 162 valence electrons. The zero-order chi connectivity index (χ0) is 22.7. The summed E-state index contributed by atoms with van der Waals surface area (Å²) in [7, 11) is 1.30. The van der Waals surface area contributed by atoms with Crippen molar-refractivity contribution in [3.05, 3.63) is 89.0 Å². The number of imide groups is 1. The molecule has 0 aliphatic carbocycles. The summed E-state index contributed by atoms with van der Waals surface area (Å²) in [5.41, 5.74) is 2.31. The average Bonchev–Trinajstić information content (AvgIpc) is 3.42. The zero-order valence-electron chi connectivity index (χ0n) is 17.2. The summed E-state index contributed by atoms with van der Waals surface area (Å²) in [6.07, 6.45) is 3.11. The third-order valence-corrected chi connectivity index (χ3v) is 5.25. The second-order valence-electron chi connectivity index (χ2n) is 7.23. The van der Waals surface area contributed by atoms with Crippen molar-refractivity contribution in [2.75, 3.05) is 7.11 Å². The molecule has 0 unspecified atom stereocenters. The number of esters is 1. The molecule has 4 rings (SSSR count). The summed E-state index contributed by atoms with van der Waals surface area (Å²) in [6, 6.07) is 12.0. The Hall–Kier alpha value is -4.27. The minimum Gasteiger partial charge on any atom is -0.465 e. The summed E-state index contributed by atoms with van der Waals surface area (Å²) < 4.78 is 4.67. The molecule has 3 aromatic rings. The predicted octanol–water partition coefficient (Wildman–Crippen LogP) is 1.72. The summed E-state index contributed by atoms with van der Waals surface area (Å²) >= 11 is 0. The second-order valence-corrected chi connectivity index (χ2v) is 7.23. The van der Waals surface area contributed by atoms with Gasteiger partial charge in [-0.15, -0.1) is 0 Å². The van der Waals surface area contributed by atoms with Crippen LogP contribution in [0, 0.1) is 0 Å². The molecule has 9 nitrogen and oxygen atoms in total. The average molecular weight is 432 g/mol. The van der Waals surface area contributed by atoms with Crippen LogP contribution in [0.3, 0.4) is 0 Å². The van der Waals surface area contributed by atoms with Crippen molar-refractivity contribution >= 4 is 23.7 Å². The molecular weight excluding hydrogens is 412 g/mol. The van der Waals surface area contributed by atoms with Gasteiger partial charge in [0.1, 0.15) is 6.04 Å². The van der Waals surface area contributed by atoms with Crippen LogP contribution in [0.5, 0.6) is 0 Å². The molecule has 0 saturated heterocycles. The molecular formula is C23H20N4O5. The van der Waals surface area contributed by atoms with Gasteiger partial charge in [0.25, 0.3) is 11.8 Å². The largest absolute Gasteiger partial charge is 0.465 e. The number of H-pyrrole nitrogens is 1. The number of aromatic amines is 1. The van der Waals surface area contributed by atoms with Crippen LogP contribution in [0.1, 0.15) is 42.3 Å². The maximum atomic E-state index is 13.1. The number of imidazole rings is 1. The van der Waals surface area contributed by atoms with Crippen molar-refractivity contribution in [2.24, 2.45) is 0 Å². The zero-order valence-corrected chi connectivity index (χ0v) is 17.2. The van der Waals surface area contributed by atoms with Crippen LogP contribution in [-0.4, -0.2) is 51.7 Å². The van der Waals surface area contributed by atoms with Crippen LogP contribution in [0.25, 0.3) is 0 Å². The molecule has 2 N–H and O–H groups in total. The van der Waals surface area contributed by atoms with E-state index >= 15 is 0 Å². The number of carbonyl (C=O) groups excluding carboxylic acids is 4. The molecule has 1 aliphatic heterocycles. The van der Waals surface area contributed by atoms with E-state index < -0.39 is 29.7 Å². The van der Waals surface area contributed by atoms with Crippen molar-refractivity contribution in [1.29, 1.82) is 0 Å². The molecule has 1 aromatic heterocycles. The minimum absolute atomic E-state index is 0.0958. The molecule has 0 fully saturated rings. The Bertz CT molecular complexity index is 1140. The topological polar surface area (TPSA) is 121 Å². The Morgan fingerprint density at radius 3 is 2.28 bits per heavy atom. The molecule has 2 aromatic carbocycles. The first-order chi connectivity index (χ1) is 15.5. The molecule has 2 heterocycles. The number of aromatic nitrogens is 2. The Morgan fingerprint density at radius 2 is 1.72 bits per heavy atom. The number of nitrogens with zero attached hydrogens (tertiary/aromatic N) is 2. The fraction of sp³-hybridized carbons (Fsp3) is 0.174. The molecule has 0 saturated carbocycles.